The highest BCUT2D eigenvalue weighted by Crippen LogP contribution is 2.47. The molecular formula is C17H23N3O6S. The van der Waals surface area contributed by atoms with Crippen molar-refractivity contribution in [2.75, 3.05) is 19.0 Å². The molecule has 0 aliphatic carbocycles. The van der Waals surface area contributed by atoms with Crippen LogP contribution < -0.4 is 10.6 Å². The summed E-state index contributed by atoms with van der Waals surface area (Å²) < 4.78 is 10.4. The largest absolute Gasteiger partial charge is 0.463 e. The van der Waals surface area contributed by atoms with Gasteiger partial charge in [-0.3, -0.25) is 4.79 Å². The molecule has 9 nitrogen and oxygen atoms in total. The molecule has 3 heterocycles. The summed E-state index contributed by atoms with van der Waals surface area (Å²) in [4.78, 5) is 49.9. The van der Waals surface area contributed by atoms with Crippen LogP contribution in [0.5, 0.6) is 0 Å². The number of hydrogen-bond donors (Lipinski definition) is 2. The van der Waals surface area contributed by atoms with E-state index in [0.717, 1.165) is 0 Å². The highest BCUT2D eigenvalue weighted by atomic mass is 32.2. The average molecular weight is 397 g/mol. The van der Waals surface area contributed by atoms with Crippen molar-refractivity contribution in [3.8, 4) is 0 Å². The summed E-state index contributed by atoms with van der Waals surface area (Å²) in [5, 5.41) is 5.09. The molecule has 3 aliphatic rings. The molecule has 0 aromatic rings. The van der Waals surface area contributed by atoms with Gasteiger partial charge in [-0.15, -0.1) is 11.8 Å². The predicted octanol–water partition coefficient (Wildman–Crippen LogP) is 0.502. The van der Waals surface area contributed by atoms with E-state index in [9.17, 15) is 19.2 Å². The van der Waals surface area contributed by atoms with E-state index in [4.69, 9.17) is 9.47 Å². The Balaban J connectivity index is 1.72. The number of nitrogens with zero attached hydrogens (tertiary/aromatic N) is 1. The molecule has 3 amide bonds. The van der Waals surface area contributed by atoms with Gasteiger partial charge >= 0.3 is 18.0 Å². The molecule has 10 heteroatoms. The van der Waals surface area contributed by atoms with Crippen molar-refractivity contribution in [2.24, 2.45) is 0 Å². The Morgan fingerprint density at radius 3 is 2.78 bits per heavy atom. The van der Waals surface area contributed by atoms with E-state index >= 15 is 0 Å². The lowest BCUT2D eigenvalue weighted by molar-refractivity contribution is -0.153. The van der Waals surface area contributed by atoms with Crippen LogP contribution in [0.15, 0.2) is 11.3 Å². The molecule has 148 valence electrons. The molecule has 3 rings (SSSR count). The fourth-order valence-electron chi connectivity index (χ4n) is 3.63. The Labute approximate surface area is 161 Å². The Bertz CT molecular complexity index is 723. The maximum absolute atomic E-state index is 12.6. The third kappa shape index (κ3) is 3.62. The van der Waals surface area contributed by atoms with Crippen LogP contribution in [0, 0.1) is 0 Å². The minimum atomic E-state index is -0.656. The number of rotatable bonds is 5. The van der Waals surface area contributed by atoms with Crippen molar-refractivity contribution in [1.29, 1.82) is 0 Å². The highest BCUT2D eigenvalue weighted by molar-refractivity contribution is 8.01. The van der Waals surface area contributed by atoms with Gasteiger partial charge in [-0.25, -0.2) is 14.4 Å². The maximum Gasteiger partial charge on any atom is 0.338 e. The van der Waals surface area contributed by atoms with Gasteiger partial charge in [0.1, 0.15) is 12.6 Å². The molecule has 0 spiro atoms. The molecule has 0 aromatic carbocycles. The second-order valence-electron chi connectivity index (χ2n) is 6.81. The van der Waals surface area contributed by atoms with Crippen LogP contribution in [0.4, 0.5) is 4.79 Å². The number of urea groups is 1. The van der Waals surface area contributed by atoms with Crippen molar-refractivity contribution in [3.05, 3.63) is 11.3 Å². The number of nitrogens with one attached hydrogen (secondary N) is 2. The predicted molar refractivity (Wildman–Crippen MR) is 96.5 cm³/mol. The summed E-state index contributed by atoms with van der Waals surface area (Å²) in [5.74, 6) is -0.714. The van der Waals surface area contributed by atoms with Crippen LogP contribution in [0.1, 0.15) is 33.6 Å². The van der Waals surface area contributed by atoms with Crippen molar-refractivity contribution in [3.63, 3.8) is 0 Å². The second kappa shape index (κ2) is 7.41. The summed E-state index contributed by atoms with van der Waals surface area (Å²) >= 11 is 1.57. The molecule has 2 fully saturated rings. The average Bonchev–Trinajstić information content (AvgIpc) is 3.08. The Kier molecular flexibility index (Phi) is 5.36. The van der Waals surface area contributed by atoms with E-state index in [0.29, 0.717) is 18.6 Å². The Hall–Kier alpha value is -2.23. The van der Waals surface area contributed by atoms with Gasteiger partial charge in [-0.2, -0.15) is 0 Å². The van der Waals surface area contributed by atoms with E-state index in [-0.39, 0.29) is 35.3 Å². The van der Waals surface area contributed by atoms with Crippen LogP contribution in [0.2, 0.25) is 0 Å². The number of esters is 2. The molecule has 27 heavy (non-hydrogen) atoms. The topological polar surface area (TPSA) is 114 Å². The van der Waals surface area contributed by atoms with Crippen molar-refractivity contribution < 1.29 is 28.7 Å². The summed E-state index contributed by atoms with van der Waals surface area (Å²) in [6, 6.07) is -1.71. The van der Waals surface area contributed by atoms with Crippen molar-refractivity contribution in [1.82, 2.24) is 15.5 Å². The van der Waals surface area contributed by atoms with E-state index < -0.39 is 30.1 Å². The summed E-state index contributed by atoms with van der Waals surface area (Å²) in [6.45, 7) is 5.19. The first kappa shape index (κ1) is 19.5. The van der Waals surface area contributed by atoms with E-state index in [1.54, 1.807) is 30.5 Å². The fourth-order valence-corrected chi connectivity index (χ4v) is 5.04. The molecule has 0 bridgehead atoms. The zero-order chi connectivity index (χ0) is 19.8. The van der Waals surface area contributed by atoms with Gasteiger partial charge in [-0.05, 0) is 27.2 Å². The molecule has 0 unspecified atom stereocenters. The number of hydrogen-bond acceptors (Lipinski definition) is 7. The van der Waals surface area contributed by atoms with Gasteiger partial charge in [0.2, 0.25) is 5.91 Å². The number of ether oxygens (including phenoxy) is 2. The van der Waals surface area contributed by atoms with Crippen molar-refractivity contribution in [2.45, 2.75) is 50.6 Å². The van der Waals surface area contributed by atoms with E-state index in [1.165, 1.54) is 0 Å². The zero-order valence-electron chi connectivity index (χ0n) is 15.5. The molecule has 2 saturated heterocycles. The van der Waals surface area contributed by atoms with Gasteiger partial charge in [0, 0.05) is 12.2 Å². The minimum Gasteiger partial charge on any atom is -0.463 e. The fraction of sp³-hybridized carbons (Fsp3) is 0.647. The maximum atomic E-state index is 12.6. The highest BCUT2D eigenvalue weighted by Gasteiger charge is 2.53. The Morgan fingerprint density at radius 1 is 1.33 bits per heavy atom. The Morgan fingerprint density at radius 2 is 2.07 bits per heavy atom. The summed E-state index contributed by atoms with van der Waals surface area (Å²) in [5.41, 5.74) is 0.409. The molecule has 3 atom stereocenters. The van der Waals surface area contributed by atoms with Gasteiger partial charge in [0.15, 0.2) is 0 Å². The van der Waals surface area contributed by atoms with Gasteiger partial charge in [0.25, 0.3) is 0 Å². The molecule has 0 aromatic heterocycles. The number of carbonyl (C=O) groups excluding carboxylic acids is 4. The third-order valence-electron chi connectivity index (χ3n) is 4.94. The number of fused-ring (bicyclic) bond motifs is 1. The quantitative estimate of drug-likeness (QED) is 0.650. The molecule has 0 radical (unpaired) electrons. The van der Waals surface area contributed by atoms with Crippen LogP contribution in [0.25, 0.3) is 0 Å². The van der Waals surface area contributed by atoms with E-state index in [1.807, 2.05) is 6.92 Å². The molecule has 2 N–H and O–H groups in total. The van der Waals surface area contributed by atoms with Gasteiger partial charge in [0.05, 0.1) is 28.8 Å². The lowest BCUT2D eigenvalue weighted by atomic mass is 10.0. The first-order valence-electron chi connectivity index (χ1n) is 8.87. The van der Waals surface area contributed by atoms with Crippen LogP contribution in [0.3, 0.4) is 0 Å². The smallest absolute Gasteiger partial charge is 0.338 e. The molecule has 0 saturated carbocycles. The summed E-state index contributed by atoms with van der Waals surface area (Å²) in [7, 11) is 0. The van der Waals surface area contributed by atoms with Crippen molar-refractivity contribution >= 4 is 35.6 Å². The molecule has 3 aliphatic heterocycles. The number of amides is 3. The first-order chi connectivity index (χ1) is 12.8. The number of carbonyl (C=O) groups is 4. The second-order valence-corrected chi connectivity index (χ2v) is 8.31. The number of thioether (sulfide) groups is 1. The zero-order valence-corrected chi connectivity index (χ0v) is 16.3. The van der Waals surface area contributed by atoms with Gasteiger partial charge in [-0.1, -0.05) is 0 Å². The standard InChI is InChI=1S/C17H23N3O6S/c1-4-25-15(23)13-9(2)18-16(24)19-10(13)7-26-14(22)11-8-27-17(3)6-5-12(21)20(11)17/h9,11H,4-8H2,1-3H3,(H2,18,19,24)/t9-,11+,17+/m1/s1. The van der Waals surface area contributed by atoms with Crippen LogP contribution >= 0.6 is 11.8 Å². The lowest BCUT2D eigenvalue weighted by Crippen LogP contribution is -2.50. The van der Waals surface area contributed by atoms with Crippen LogP contribution in [-0.2, 0) is 23.9 Å². The monoisotopic (exact) mass is 397 g/mol. The third-order valence-corrected chi connectivity index (χ3v) is 6.45. The van der Waals surface area contributed by atoms with Gasteiger partial charge < -0.3 is 25.0 Å². The van der Waals surface area contributed by atoms with Crippen LogP contribution in [-0.4, -0.2) is 64.7 Å². The minimum absolute atomic E-state index is 0.0559. The van der Waals surface area contributed by atoms with E-state index in [2.05, 4.69) is 10.6 Å². The first-order valence-corrected chi connectivity index (χ1v) is 9.86. The SMILES string of the molecule is CCOC(=O)C1=C(COC(=O)[C@@H]2CS[C@@]3(C)CCC(=O)N23)NC(=O)N[C@@H]1C. The summed E-state index contributed by atoms with van der Waals surface area (Å²) in [6.07, 6.45) is 1.13. The lowest BCUT2D eigenvalue weighted by Gasteiger charge is -2.30. The normalized spacial score (nSPS) is 30.0. The molecular weight excluding hydrogens is 374 g/mol.